The van der Waals surface area contributed by atoms with Crippen LogP contribution in [0.15, 0.2) is 18.2 Å². The molecule has 0 saturated carbocycles. The minimum Gasteiger partial charge on any atom is -0.372 e. The first kappa shape index (κ1) is 16.7. The van der Waals surface area contributed by atoms with Crippen molar-refractivity contribution in [3.8, 4) is 0 Å². The summed E-state index contributed by atoms with van der Waals surface area (Å²) in [7, 11) is 2.11. The van der Waals surface area contributed by atoms with E-state index < -0.39 is 0 Å². The molecule has 0 radical (unpaired) electrons. The van der Waals surface area contributed by atoms with Crippen LogP contribution < -0.4 is 10.2 Å². The van der Waals surface area contributed by atoms with Gasteiger partial charge in [0.25, 0.3) is 0 Å². The number of para-hydroxylation sites is 1. The lowest BCUT2D eigenvalue weighted by Gasteiger charge is -2.26. The normalized spacial score (nSPS) is 11.7. The van der Waals surface area contributed by atoms with Crippen molar-refractivity contribution in [2.24, 2.45) is 0 Å². The second-order valence-electron chi connectivity index (χ2n) is 5.77. The van der Waals surface area contributed by atoms with E-state index in [1.165, 1.54) is 5.56 Å². The van der Waals surface area contributed by atoms with Crippen LogP contribution in [0.1, 0.15) is 26.3 Å². The standard InChI is InChI=1S/C15H25ClN2S/c1-15(2,3)17-11-12-7-6-8-13(16)14(12)18(4)9-10-19-5/h6-8,17H,9-11H2,1-5H3. The smallest absolute Gasteiger partial charge is 0.0642 e. The highest BCUT2D eigenvalue weighted by Gasteiger charge is 2.14. The quantitative estimate of drug-likeness (QED) is 0.854. The molecule has 1 rings (SSSR count). The molecule has 0 aromatic heterocycles. The predicted molar refractivity (Wildman–Crippen MR) is 89.7 cm³/mol. The van der Waals surface area contributed by atoms with E-state index in [-0.39, 0.29) is 5.54 Å². The third-order valence-electron chi connectivity index (χ3n) is 2.89. The highest BCUT2D eigenvalue weighted by atomic mass is 35.5. The van der Waals surface area contributed by atoms with Crippen molar-refractivity contribution in [3.63, 3.8) is 0 Å². The fraction of sp³-hybridized carbons (Fsp3) is 0.600. The van der Waals surface area contributed by atoms with Crippen LogP contribution in [0, 0.1) is 0 Å². The van der Waals surface area contributed by atoms with E-state index in [1.807, 2.05) is 23.9 Å². The Morgan fingerprint density at radius 2 is 2.00 bits per heavy atom. The van der Waals surface area contributed by atoms with Crippen LogP contribution in [0.25, 0.3) is 0 Å². The zero-order chi connectivity index (χ0) is 14.5. The number of halogens is 1. The number of hydrogen-bond acceptors (Lipinski definition) is 3. The fourth-order valence-corrected chi connectivity index (χ4v) is 2.63. The molecule has 19 heavy (non-hydrogen) atoms. The van der Waals surface area contributed by atoms with Crippen molar-refractivity contribution >= 4 is 29.1 Å². The Labute approximate surface area is 126 Å². The number of anilines is 1. The molecule has 0 heterocycles. The fourth-order valence-electron chi connectivity index (χ4n) is 1.83. The van der Waals surface area contributed by atoms with E-state index in [1.54, 1.807) is 0 Å². The van der Waals surface area contributed by atoms with E-state index >= 15 is 0 Å². The first-order valence-electron chi connectivity index (χ1n) is 6.57. The summed E-state index contributed by atoms with van der Waals surface area (Å²) in [6.45, 7) is 8.37. The summed E-state index contributed by atoms with van der Waals surface area (Å²) in [5, 5.41) is 4.36. The van der Waals surface area contributed by atoms with Gasteiger partial charge in [0.1, 0.15) is 0 Å². The summed E-state index contributed by atoms with van der Waals surface area (Å²) in [5.41, 5.74) is 2.51. The van der Waals surface area contributed by atoms with Gasteiger partial charge in [-0.2, -0.15) is 11.8 Å². The Bertz CT molecular complexity index is 402. The van der Waals surface area contributed by atoms with Crippen molar-refractivity contribution < 1.29 is 0 Å². The Morgan fingerprint density at radius 1 is 1.32 bits per heavy atom. The molecule has 1 aromatic carbocycles. The van der Waals surface area contributed by atoms with E-state index in [2.05, 4.69) is 50.4 Å². The topological polar surface area (TPSA) is 15.3 Å². The van der Waals surface area contributed by atoms with E-state index in [0.717, 1.165) is 29.6 Å². The third kappa shape index (κ3) is 5.64. The van der Waals surface area contributed by atoms with E-state index in [4.69, 9.17) is 11.6 Å². The van der Waals surface area contributed by atoms with Crippen LogP contribution in [0.3, 0.4) is 0 Å². The molecule has 0 atom stereocenters. The van der Waals surface area contributed by atoms with Gasteiger partial charge < -0.3 is 10.2 Å². The van der Waals surface area contributed by atoms with Gasteiger partial charge in [-0.15, -0.1) is 0 Å². The molecule has 108 valence electrons. The van der Waals surface area contributed by atoms with Gasteiger partial charge in [0, 0.05) is 31.4 Å². The molecule has 0 bridgehead atoms. The average molecular weight is 301 g/mol. The lowest BCUT2D eigenvalue weighted by Crippen LogP contribution is -2.35. The summed E-state index contributed by atoms with van der Waals surface area (Å²) < 4.78 is 0. The summed E-state index contributed by atoms with van der Waals surface area (Å²) >= 11 is 8.23. The van der Waals surface area contributed by atoms with Gasteiger partial charge in [0.05, 0.1) is 10.7 Å². The Hall–Kier alpha value is -0.380. The van der Waals surface area contributed by atoms with E-state index in [9.17, 15) is 0 Å². The second kappa shape index (κ2) is 7.41. The van der Waals surface area contributed by atoms with Gasteiger partial charge in [-0.05, 0) is 38.7 Å². The maximum Gasteiger partial charge on any atom is 0.0642 e. The number of hydrogen-bond donors (Lipinski definition) is 1. The molecule has 1 aromatic rings. The number of thioether (sulfide) groups is 1. The van der Waals surface area contributed by atoms with Gasteiger partial charge in [-0.3, -0.25) is 0 Å². The molecule has 0 aliphatic carbocycles. The average Bonchev–Trinajstić information content (AvgIpc) is 2.32. The van der Waals surface area contributed by atoms with Crippen LogP contribution >= 0.6 is 23.4 Å². The number of nitrogens with one attached hydrogen (secondary N) is 1. The molecular formula is C15H25ClN2S. The highest BCUT2D eigenvalue weighted by Crippen LogP contribution is 2.29. The summed E-state index contributed by atoms with van der Waals surface area (Å²) in [4.78, 5) is 2.25. The van der Waals surface area contributed by atoms with Crippen molar-refractivity contribution in [1.29, 1.82) is 0 Å². The van der Waals surface area contributed by atoms with Crippen LogP contribution in [-0.4, -0.2) is 31.1 Å². The Balaban J connectivity index is 2.88. The molecular weight excluding hydrogens is 276 g/mol. The van der Waals surface area contributed by atoms with Crippen LogP contribution in [-0.2, 0) is 6.54 Å². The minimum atomic E-state index is 0.109. The summed E-state index contributed by atoms with van der Waals surface area (Å²) in [6, 6.07) is 6.14. The molecule has 0 unspecified atom stereocenters. The Morgan fingerprint density at radius 3 is 2.58 bits per heavy atom. The van der Waals surface area contributed by atoms with Crippen molar-refractivity contribution in [3.05, 3.63) is 28.8 Å². The van der Waals surface area contributed by atoms with Crippen molar-refractivity contribution in [2.45, 2.75) is 32.9 Å². The maximum atomic E-state index is 6.38. The number of rotatable bonds is 6. The SMILES string of the molecule is CSCCN(C)c1c(Cl)cccc1CNC(C)(C)C. The molecule has 0 spiro atoms. The minimum absolute atomic E-state index is 0.109. The summed E-state index contributed by atoms with van der Waals surface area (Å²) in [6.07, 6.45) is 2.13. The van der Waals surface area contributed by atoms with E-state index in [0.29, 0.717) is 0 Å². The van der Waals surface area contributed by atoms with Gasteiger partial charge in [0.2, 0.25) is 0 Å². The molecule has 0 aliphatic heterocycles. The van der Waals surface area contributed by atoms with Gasteiger partial charge in [0.15, 0.2) is 0 Å². The largest absolute Gasteiger partial charge is 0.372 e. The molecule has 0 amide bonds. The van der Waals surface area contributed by atoms with Crippen LogP contribution in [0.4, 0.5) is 5.69 Å². The number of benzene rings is 1. The first-order valence-corrected chi connectivity index (χ1v) is 8.35. The second-order valence-corrected chi connectivity index (χ2v) is 7.16. The van der Waals surface area contributed by atoms with Crippen LogP contribution in [0.5, 0.6) is 0 Å². The zero-order valence-corrected chi connectivity index (χ0v) is 14.2. The summed E-state index contributed by atoms with van der Waals surface area (Å²) in [5.74, 6) is 1.11. The molecule has 2 nitrogen and oxygen atoms in total. The molecule has 0 saturated heterocycles. The zero-order valence-electron chi connectivity index (χ0n) is 12.6. The molecule has 0 fully saturated rings. The van der Waals surface area contributed by atoms with Crippen LogP contribution in [0.2, 0.25) is 5.02 Å². The van der Waals surface area contributed by atoms with Crippen molar-refractivity contribution in [1.82, 2.24) is 5.32 Å². The first-order chi connectivity index (χ1) is 8.85. The third-order valence-corrected chi connectivity index (χ3v) is 3.79. The highest BCUT2D eigenvalue weighted by molar-refractivity contribution is 7.98. The number of nitrogens with zero attached hydrogens (tertiary/aromatic N) is 1. The predicted octanol–water partition coefficient (Wildman–Crippen LogP) is 4.03. The maximum absolute atomic E-state index is 6.38. The Kier molecular flexibility index (Phi) is 6.51. The van der Waals surface area contributed by atoms with Gasteiger partial charge >= 0.3 is 0 Å². The van der Waals surface area contributed by atoms with Crippen molar-refractivity contribution in [2.75, 3.05) is 30.5 Å². The lowest BCUT2D eigenvalue weighted by molar-refractivity contribution is 0.424. The molecule has 1 N–H and O–H groups in total. The monoisotopic (exact) mass is 300 g/mol. The molecule has 0 aliphatic rings. The molecule has 4 heteroatoms. The van der Waals surface area contributed by atoms with Gasteiger partial charge in [-0.1, -0.05) is 23.7 Å². The van der Waals surface area contributed by atoms with Gasteiger partial charge in [-0.25, -0.2) is 0 Å². The lowest BCUT2D eigenvalue weighted by atomic mass is 10.1.